The van der Waals surface area contributed by atoms with Crippen molar-refractivity contribution in [3.63, 3.8) is 0 Å². The van der Waals surface area contributed by atoms with Gasteiger partial charge < -0.3 is 0 Å². The quantitative estimate of drug-likeness (QED) is 0.107. The van der Waals surface area contributed by atoms with Crippen molar-refractivity contribution in [2.75, 3.05) is 0 Å². The molecule has 0 unspecified atom stereocenters. The van der Waals surface area contributed by atoms with Crippen LogP contribution in [0.5, 0.6) is 0 Å². The maximum Gasteiger partial charge on any atom is -0.00139 e. The van der Waals surface area contributed by atoms with Crippen LogP contribution in [0.4, 0.5) is 0 Å². The van der Waals surface area contributed by atoms with E-state index in [1.54, 1.807) is 0 Å². The van der Waals surface area contributed by atoms with Crippen molar-refractivity contribution in [2.24, 2.45) is 0 Å². The van der Waals surface area contributed by atoms with E-state index in [1.807, 2.05) is 0 Å². The second-order valence-corrected chi connectivity index (χ2v) is 23.1. The van der Waals surface area contributed by atoms with Gasteiger partial charge in [0.1, 0.15) is 0 Å². The first kappa shape index (κ1) is 52.1. The molecule has 0 bridgehead atoms. The fraction of sp³-hybridized carbons (Fsp3) is 0. The van der Waals surface area contributed by atoms with Crippen molar-refractivity contribution in [2.45, 2.75) is 0 Å². The largest absolute Gasteiger partial charge is 0.0622 e. The zero-order chi connectivity index (χ0) is 58.3. The number of benzene rings is 16. The Morgan fingerprint density at radius 1 is 0.102 bits per heavy atom. The van der Waals surface area contributed by atoms with Crippen molar-refractivity contribution >= 4 is 32.3 Å². The lowest BCUT2D eigenvalue weighted by Gasteiger charge is -2.22. The van der Waals surface area contributed by atoms with E-state index in [1.165, 1.54) is 166 Å². The van der Waals surface area contributed by atoms with E-state index in [2.05, 4.69) is 352 Å². The van der Waals surface area contributed by atoms with E-state index in [4.69, 9.17) is 0 Å². The lowest BCUT2D eigenvalue weighted by Crippen LogP contribution is -1.94. The molecule has 0 fully saturated rings. The Labute approximate surface area is 514 Å². The molecule has 410 valence electrons. The Hall–Kier alpha value is -11.4. The molecule has 0 atom stereocenters. The highest BCUT2D eigenvalue weighted by Gasteiger charge is 2.22. The molecular weight excluding hydrogens is 1060 g/mol. The highest BCUT2D eigenvalue weighted by molar-refractivity contribution is 6.32. The Morgan fingerprint density at radius 3 is 0.375 bits per heavy atom. The summed E-state index contributed by atoms with van der Waals surface area (Å²) in [6, 6.07) is 130. The summed E-state index contributed by atoms with van der Waals surface area (Å²) >= 11 is 0. The van der Waals surface area contributed by atoms with Crippen LogP contribution in [0.15, 0.2) is 352 Å². The first-order chi connectivity index (χ1) is 43.6. The molecule has 0 heterocycles. The fourth-order valence-electron chi connectivity index (χ4n) is 13.3. The van der Waals surface area contributed by atoms with E-state index in [9.17, 15) is 0 Å². The second-order valence-electron chi connectivity index (χ2n) is 23.1. The van der Waals surface area contributed by atoms with Gasteiger partial charge in [0.05, 0.1) is 0 Å². The summed E-state index contributed by atoms with van der Waals surface area (Å²) in [5.41, 5.74) is 28.8. The van der Waals surface area contributed by atoms with Crippen molar-refractivity contribution < 1.29 is 0 Å². The van der Waals surface area contributed by atoms with Gasteiger partial charge in [-0.2, -0.15) is 0 Å². The predicted molar refractivity (Wildman–Crippen MR) is 375 cm³/mol. The summed E-state index contributed by atoms with van der Waals surface area (Å²) in [5, 5.41) is 7.49. The molecule has 0 heteroatoms. The van der Waals surface area contributed by atoms with Crippen LogP contribution < -0.4 is 0 Å². The standard InChI is InChI=1S/C88H58/c1-5-13-59(14-6-1)63-21-29-67(30-22-63)71-37-45-75(46-38-71)83-57-84(76-47-39-72(40-48-76)68-31-23-64(24-32-68)60-15-7-2-8-16-60)80-55-56-82-86(78-51-43-74(44-52-78)70-35-27-66(28-36-70)62-19-11-4-12-20-62)58-85(81-54-53-79(83)87(80)88(81)82)77-49-41-73(42-50-77)69-33-25-65(26-34-69)61-17-9-3-10-18-61/h1-58H. The third-order valence-electron chi connectivity index (χ3n) is 18.0. The Balaban J connectivity index is 0.852. The molecule has 16 rings (SSSR count). The normalized spacial score (nSPS) is 11.4. The molecule has 0 saturated carbocycles. The van der Waals surface area contributed by atoms with Crippen LogP contribution in [-0.2, 0) is 0 Å². The lowest BCUT2D eigenvalue weighted by atomic mass is 9.81. The Kier molecular flexibility index (Phi) is 13.3. The summed E-state index contributed by atoms with van der Waals surface area (Å²) in [4.78, 5) is 0. The third kappa shape index (κ3) is 9.83. The van der Waals surface area contributed by atoms with Gasteiger partial charge in [0, 0.05) is 0 Å². The van der Waals surface area contributed by atoms with Crippen molar-refractivity contribution in [3.05, 3.63) is 352 Å². The molecule has 0 aromatic heterocycles. The van der Waals surface area contributed by atoms with E-state index in [0.29, 0.717) is 0 Å². The van der Waals surface area contributed by atoms with Gasteiger partial charge >= 0.3 is 0 Å². The van der Waals surface area contributed by atoms with Gasteiger partial charge in [-0.05, 0) is 178 Å². The minimum atomic E-state index is 1.18. The fourth-order valence-corrected chi connectivity index (χ4v) is 13.3. The monoisotopic (exact) mass is 1110 g/mol. The van der Waals surface area contributed by atoms with Gasteiger partial charge in [0.15, 0.2) is 0 Å². The second kappa shape index (κ2) is 22.5. The highest BCUT2D eigenvalue weighted by Crippen LogP contribution is 2.49. The first-order valence-corrected chi connectivity index (χ1v) is 30.4. The van der Waals surface area contributed by atoms with Crippen LogP contribution in [0, 0.1) is 0 Å². The minimum absolute atomic E-state index is 1.18. The molecule has 0 aliphatic heterocycles. The van der Waals surface area contributed by atoms with E-state index in [0.717, 1.165) is 0 Å². The summed E-state index contributed by atoms with van der Waals surface area (Å²) in [5.74, 6) is 0. The van der Waals surface area contributed by atoms with E-state index in [-0.39, 0.29) is 0 Å². The molecule has 0 radical (unpaired) electrons. The zero-order valence-corrected chi connectivity index (χ0v) is 48.5. The Morgan fingerprint density at radius 2 is 0.227 bits per heavy atom. The summed E-state index contributed by atoms with van der Waals surface area (Å²) < 4.78 is 0. The maximum atomic E-state index is 2.45. The molecule has 0 saturated heterocycles. The maximum absolute atomic E-state index is 2.45. The van der Waals surface area contributed by atoms with Crippen LogP contribution in [0.3, 0.4) is 0 Å². The molecule has 0 nitrogen and oxygen atoms in total. The molecule has 0 spiro atoms. The molecule has 16 aromatic carbocycles. The molecular formula is C88H58. The molecule has 0 aliphatic rings. The molecule has 16 aromatic rings. The zero-order valence-electron chi connectivity index (χ0n) is 48.5. The number of hydrogen-bond donors (Lipinski definition) is 0. The van der Waals surface area contributed by atoms with Crippen molar-refractivity contribution in [3.8, 4) is 134 Å². The minimum Gasteiger partial charge on any atom is -0.0622 e. The van der Waals surface area contributed by atoms with Gasteiger partial charge in [0.2, 0.25) is 0 Å². The van der Waals surface area contributed by atoms with Crippen molar-refractivity contribution in [1.82, 2.24) is 0 Å². The van der Waals surface area contributed by atoms with E-state index >= 15 is 0 Å². The average Bonchev–Trinajstić information content (AvgIpc) is 0.894. The molecule has 0 N–H and O–H groups in total. The molecule has 0 amide bonds. The molecule has 0 aliphatic carbocycles. The topological polar surface area (TPSA) is 0 Å². The lowest BCUT2D eigenvalue weighted by molar-refractivity contribution is 1.57. The molecule has 88 heavy (non-hydrogen) atoms. The van der Waals surface area contributed by atoms with Crippen LogP contribution >= 0.6 is 0 Å². The van der Waals surface area contributed by atoms with E-state index < -0.39 is 0 Å². The number of rotatable bonds is 12. The van der Waals surface area contributed by atoms with Gasteiger partial charge in [-0.3, -0.25) is 0 Å². The van der Waals surface area contributed by atoms with Gasteiger partial charge in [-0.15, -0.1) is 0 Å². The van der Waals surface area contributed by atoms with Gasteiger partial charge in [-0.1, -0.05) is 340 Å². The SMILES string of the molecule is c1ccc(-c2ccc(-c3ccc(-c4cc(-c5ccc(-c6ccc(-c7ccccc7)cc6)cc5)c5ccc6c(-c7ccc(-c8ccc(-c9ccccc9)cc8)cc7)cc(-c7ccc(-c8ccc(-c9ccccc9)cc8)cc7)c7ccc4c5c76)cc3)cc2)cc1. The van der Waals surface area contributed by atoms with Crippen molar-refractivity contribution in [1.29, 1.82) is 0 Å². The smallest absolute Gasteiger partial charge is 0.00139 e. The van der Waals surface area contributed by atoms with Gasteiger partial charge in [0.25, 0.3) is 0 Å². The average molecular weight is 1120 g/mol. The summed E-state index contributed by atoms with van der Waals surface area (Å²) in [7, 11) is 0. The van der Waals surface area contributed by atoms with Crippen LogP contribution in [0.25, 0.3) is 166 Å². The Bertz CT molecular complexity index is 4440. The van der Waals surface area contributed by atoms with Gasteiger partial charge in [-0.25, -0.2) is 0 Å². The summed E-state index contributed by atoms with van der Waals surface area (Å²) in [6.07, 6.45) is 0. The highest BCUT2D eigenvalue weighted by atomic mass is 14.3. The third-order valence-corrected chi connectivity index (χ3v) is 18.0. The van der Waals surface area contributed by atoms with Crippen LogP contribution in [0.2, 0.25) is 0 Å². The summed E-state index contributed by atoms with van der Waals surface area (Å²) in [6.45, 7) is 0. The predicted octanol–water partition coefficient (Wildman–Crippen LogP) is 24.6. The van der Waals surface area contributed by atoms with Crippen LogP contribution in [0.1, 0.15) is 0 Å². The first-order valence-electron chi connectivity index (χ1n) is 30.4. The number of hydrogen-bond acceptors (Lipinski definition) is 0. The van der Waals surface area contributed by atoms with Crippen LogP contribution in [-0.4, -0.2) is 0 Å².